The van der Waals surface area contributed by atoms with Crippen molar-refractivity contribution in [3.63, 3.8) is 0 Å². The van der Waals surface area contributed by atoms with Crippen LogP contribution >= 0.6 is 11.8 Å². The molecule has 3 rings (SSSR count). The molecule has 0 radical (unpaired) electrons. The second-order valence-electron chi connectivity index (χ2n) is 8.04. The zero-order valence-electron chi connectivity index (χ0n) is 16.8. The Morgan fingerprint density at radius 2 is 1.86 bits per heavy atom. The molecule has 3 nitrogen and oxygen atoms in total. The van der Waals surface area contributed by atoms with E-state index in [0.717, 1.165) is 17.5 Å². The average molecular weight is 397 g/mol. The monoisotopic (exact) mass is 396 g/mol. The first-order chi connectivity index (χ1) is 13.4. The summed E-state index contributed by atoms with van der Waals surface area (Å²) >= 11 is 1.37. The lowest BCUT2D eigenvalue weighted by atomic mass is 9.80. The number of rotatable bonds is 7. The number of thioether (sulfide) groups is 1. The topological polar surface area (TPSA) is 43.4 Å². The van der Waals surface area contributed by atoms with Crippen LogP contribution in [0.5, 0.6) is 0 Å². The summed E-state index contributed by atoms with van der Waals surface area (Å²) in [7, 11) is 0. The number of carbonyl (C=O) groups is 2. The molecule has 1 fully saturated rings. The third-order valence-corrected chi connectivity index (χ3v) is 6.48. The van der Waals surface area contributed by atoms with Gasteiger partial charge in [0, 0.05) is 5.75 Å². The van der Waals surface area contributed by atoms with Gasteiger partial charge in [-0.3, -0.25) is 9.59 Å². The molecule has 0 N–H and O–H groups in total. The molecule has 1 aliphatic rings. The van der Waals surface area contributed by atoms with Crippen molar-refractivity contribution in [1.29, 1.82) is 0 Å². The van der Waals surface area contributed by atoms with Gasteiger partial charge in [-0.15, -0.1) is 11.8 Å². The lowest BCUT2D eigenvalue weighted by Crippen LogP contribution is -2.47. The van der Waals surface area contributed by atoms with Crippen LogP contribution in [0.2, 0.25) is 0 Å². The number of Topliss-reactive ketones (excluding diaryl/α,β-unsaturated/α-hetero) is 1. The number of carbonyl (C=O) groups excluding carboxylic acids is 2. The second kappa shape index (κ2) is 8.95. The first kappa shape index (κ1) is 20.7. The number of hydrogen-bond acceptors (Lipinski definition) is 4. The molecular weight excluding hydrogens is 368 g/mol. The first-order valence-corrected chi connectivity index (χ1v) is 10.9. The van der Waals surface area contributed by atoms with Gasteiger partial charge >= 0.3 is 5.97 Å². The van der Waals surface area contributed by atoms with Gasteiger partial charge in [0.05, 0.1) is 6.42 Å². The van der Waals surface area contributed by atoms with E-state index in [4.69, 9.17) is 4.74 Å². The highest BCUT2D eigenvalue weighted by atomic mass is 32.2. The van der Waals surface area contributed by atoms with E-state index in [1.165, 1.54) is 17.3 Å². The molecule has 0 aromatic heterocycles. The SMILES string of the molecule is Cc1cccc(CSC2C(=O)CC(CCC(C)C)(c3ccccc3)OC2=O)c1. The van der Waals surface area contributed by atoms with Crippen molar-refractivity contribution >= 4 is 23.5 Å². The molecule has 0 amide bonds. The molecule has 2 atom stereocenters. The van der Waals surface area contributed by atoms with Gasteiger partial charge in [-0.05, 0) is 36.8 Å². The van der Waals surface area contributed by atoms with Crippen molar-refractivity contribution in [1.82, 2.24) is 0 Å². The number of benzene rings is 2. The van der Waals surface area contributed by atoms with Gasteiger partial charge in [-0.2, -0.15) is 0 Å². The van der Waals surface area contributed by atoms with Gasteiger partial charge in [-0.25, -0.2) is 0 Å². The Bertz CT molecular complexity index is 811. The molecule has 148 valence electrons. The van der Waals surface area contributed by atoms with Crippen molar-refractivity contribution in [2.75, 3.05) is 0 Å². The normalized spacial score (nSPS) is 22.4. The molecule has 4 heteroatoms. The summed E-state index contributed by atoms with van der Waals surface area (Å²) in [5, 5.41) is -0.739. The Morgan fingerprint density at radius 1 is 1.11 bits per heavy atom. The van der Waals surface area contributed by atoms with Crippen molar-refractivity contribution in [2.45, 2.75) is 56.6 Å². The van der Waals surface area contributed by atoms with Gasteiger partial charge in [0.2, 0.25) is 0 Å². The number of ether oxygens (including phenoxy) is 1. The third kappa shape index (κ3) is 4.85. The summed E-state index contributed by atoms with van der Waals surface area (Å²) in [4.78, 5) is 25.9. The standard InChI is InChI=1S/C24H28O3S/c1-17(2)12-13-24(20-10-5-4-6-11-20)15-21(25)22(23(26)27-24)28-16-19-9-7-8-18(3)14-19/h4-11,14,17,22H,12-13,15-16H2,1-3H3. The van der Waals surface area contributed by atoms with E-state index in [0.29, 0.717) is 18.1 Å². The molecule has 0 aliphatic carbocycles. The van der Waals surface area contributed by atoms with Crippen LogP contribution < -0.4 is 0 Å². The van der Waals surface area contributed by atoms with Crippen molar-refractivity contribution in [3.8, 4) is 0 Å². The molecule has 2 aromatic rings. The zero-order chi connectivity index (χ0) is 20.1. The molecule has 1 aliphatic heterocycles. The maximum absolute atomic E-state index is 13.0. The minimum absolute atomic E-state index is 0.0264. The molecule has 28 heavy (non-hydrogen) atoms. The molecule has 1 heterocycles. The maximum atomic E-state index is 13.0. The first-order valence-electron chi connectivity index (χ1n) is 9.88. The number of esters is 1. The van der Waals surface area contributed by atoms with E-state index in [9.17, 15) is 9.59 Å². The number of hydrogen-bond donors (Lipinski definition) is 0. The highest BCUT2D eigenvalue weighted by Gasteiger charge is 2.47. The van der Waals surface area contributed by atoms with E-state index >= 15 is 0 Å². The van der Waals surface area contributed by atoms with Crippen LogP contribution in [-0.4, -0.2) is 17.0 Å². The van der Waals surface area contributed by atoms with Gasteiger partial charge in [-0.1, -0.05) is 74.0 Å². The van der Waals surface area contributed by atoms with Crippen LogP contribution in [0, 0.1) is 12.8 Å². The summed E-state index contributed by atoms with van der Waals surface area (Å²) in [5.74, 6) is 0.670. The summed E-state index contributed by atoms with van der Waals surface area (Å²) in [6.45, 7) is 6.33. The van der Waals surface area contributed by atoms with Gasteiger partial charge in [0.25, 0.3) is 0 Å². The van der Waals surface area contributed by atoms with E-state index < -0.39 is 16.8 Å². The minimum Gasteiger partial charge on any atom is -0.453 e. The largest absolute Gasteiger partial charge is 0.453 e. The van der Waals surface area contributed by atoms with Crippen molar-refractivity contribution < 1.29 is 14.3 Å². The third-order valence-electron chi connectivity index (χ3n) is 5.19. The number of cyclic esters (lactones) is 1. The summed E-state index contributed by atoms with van der Waals surface area (Å²) < 4.78 is 6.03. The highest BCUT2D eigenvalue weighted by Crippen LogP contribution is 2.41. The van der Waals surface area contributed by atoms with Gasteiger partial charge < -0.3 is 4.74 Å². The lowest BCUT2D eigenvalue weighted by molar-refractivity contribution is -0.172. The average Bonchev–Trinajstić information content (AvgIpc) is 2.66. The predicted octanol–water partition coefficient (Wildman–Crippen LogP) is 5.44. The van der Waals surface area contributed by atoms with E-state index in [1.807, 2.05) is 55.5 Å². The van der Waals surface area contributed by atoms with E-state index in [-0.39, 0.29) is 12.2 Å². The quantitative estimate of drug-likeness (QED) is 0.461. The van der Waals surface area contributed by atoms with Gasteiger partial charge in [0.1, 0.15) is 5.60 Å². The Kier molecular flexibility index (Phi) is 6.61. The smallest absolute Gasteiger partial charge is 0.327 e. The fraction of sp³-hybridized carbons (Fsp3) is 0.417. The Hall–Kier alpha value is -2.07. The number of ketones is 1. The predicted molar refractivity (Wildman–Crippen MR) is 114 cm³/mol. The highest BCUT2D eigenvalue weighted by molar-refractivity contribution is 8.00. The minimum atomic E-state index is -0.833. The Balaban J connectivity index is 1.76. The fourth-order valence-corrected chi connectivity index (χ4v) is 4.63. The second-order valence-corrected chi connectivity index (χ2v) is 9.13. The maximum Gasteiger partial charge on any atom is 0.327 e. The van der Waals surface area contributed by atoms with E-state index in [2.05, 4.69) is 19.9 Å². The van der Waals surface area contributed by atoms with Crippen molar-refractivity contribution in [3.05, 3.63) is 71.3 Å². The Labute approximate surface area is 171 Å². The molecule has 1 saturated heterocycles. The zero-order valence-corrected chi connectivity index (χ0v) is 17.6. The summed E-state index contributed by atoms with van der Waals surface area (Å²) in [5.41, 5.74) is 2.37. The molecule has 2 aromatic carbocycles. The van der Waals surface area contributed by atoms with Crippen LogP contribution in [0.1, 0.15) is 49.8 Å². The van der Waals surface area contributed by atoms with Crippen LogP contribution in [0.15, 0.2) is 54.6 Å². The van der Waals surface area contributed by atoms with Crippen LogP contribution in [0.3, 0.4) is 0 Å². The van der Waals surface area contributed by atoms with E-state index in [1.54, 1.807) is 0 Å². The molecular formula is C24H28O3S. The number of aryl methyl sites for hydroxylation is 1. The molecule has 0 saturated carbocycles. The Morgan fingerprint density at radius 3 is 2.50 bits per heavy atom. The summed E-state index contributed by atoms with van der Waals surface area (Å²) in [6.07, 6.45) is 1.82. The molecule has 0 spiro atoms. The lowest BCUT2D eigenvalue weighted by Gasteiger charge is -2.39. The summed E-state index contributed by atoms with van der Waals surface area (Å²) in [6, 6.07) is 17.9. The fourth-order valence-electron chi connectivity index (χ4n) is 3.64. The van der Waals surface area contributed by atoms with Gasteiger partial charge in [0.15, 0.2) is 11.0 Å². The molecule has 0 bridgehead atoms. The van der Waals surface area contributed by atoms with Crippen LogP contribution in [0.25, 0.3) is 0 Å². The van der Waals surface area contributed by atoms with Crippen LogP contribution in [0.4, 0.5) is 0 Å². The molecule has 2 unspecified atom stereocenters. The van der Waals surface area contributed by atoms with Crippen molar-refractivity contribution in [2.24, 2.45) is 5.92 Å². The van der Waals surface area contributed by atoms with Crippen LogP contribution in [-0.2, 0) is 25.7 Å².